The predicted molar refractivity (Wildman–Crippen MR) is 242 cm³/mol. The molecule has 1 aromatic rings. The summed E-state index contributed by atoms with van der Waals surface area (Å²) in [6.45, 7) is 8.40. The van der Waals surface area contributed by atoms with E-state index in [4.69, 9.17) is 22.9 Å². The maximum absolute atomic E-state index is 12.8. The molecule has 1 N–H and O–H groups in total. The summed E-state index contributed by atoms with van der Waals surface area (Å²) in [6.07, 6.45) is 32.7. The van der Waals surface area contributed by atoms with Crippen LogP contribution in [0.5, 0.6) is 0 Å². The van der Waals surface area contributed by atoms with Gasteiger partial charge in [0, 0.05) is 32.1 Å². The lowest BCUT2D eigenvalue weighted by Crippen LogP contribution is -2.37. The maximum Gasteiger partial charge on any atom is 0.472 e. The summed E-state index contributed by atoms with van der Waals surface area (Å²) in [5.41, 5.74) is 2.59. The van der Waals surface area contributed by atoms with Gasteiger partial charge in [0.25, 0.3) is 0 Å². The van der Waals surface area contributed by atoms with Crippen LogP contribution in [0.25, 0.3) is 0 Å². The van der Waals surface area contributed by atoms with Crippen molar-refractivity contribution in [3.8, 4) is 0 Å². The highest BCUT2D eigenvalue weighted by molar-refractivity contribution is 7.47. The van der Waals surface area contributed by atoms with Gasteiger partial charge in [-0.1, -0.05) is 108 Å². The summed E-state index contributed by atoms with van der Waals surface area (Å²) in [7, 11) is 1.38. The fourth-order valence-electron chi connectivity index (χ4n) is 6.14. The summed E-state index contributed by atoms with van der Waals surface area (Å²) in [5.74, 6) is 1.49. The molecule has 0 aromatic carbocycles. The second kappa shape index (κ2) is 33.5. The number of aryl methyl sites for hydroxylation is 2. The van der Waals surface area contributed by atoms with Crippen LogP contribution in [-0.2, 0) is 50.3 Å². The zero-order valence-corrected chi connectivity index (χ0v) is 39.3. The monoisotopic (exact) mass is 863 g/mol. The molecule has 0 aliphatic rings. The van der Waals surface area contributed by atoms with Crippen molar-refractivity contribution in [1.82, 2.24) is 0 Å². The zero-order chi connectivity index (χ0) is 44.5. The van der Waals surface area contributed by atoms with Crippen LogP contribution in [0.3, 0.4) is 0 Å². The van der Waals surface area contributed by atoms with Crippen molar-refractivity contribution in [1.29, 1.82) is 0 Å². The Labute approximate surface area is 363 Å². The molecule has 60 heavy (non-hydrogen) atoms. The minimum atomic E-state index is -4.42. The van der Waals surface area contributed by atoms with Crippen molar-refractivity contribution < 1.29 is 51.3 Å². The standard InChI is InChI=1S/C48H80NO10P/c1-8-10-25-31-43(50)32-27-21-17-15-13-12-14-16-18-23-29-35-47(51)55-39-44(40-57-60(53,54)56-38-37-49(5,6)7)58-48(52)36-30-24-20-19-22-28-34-46-42(4)41(3)45(59-46)33-26-11-9-2/h12-13,16-18,21,27,32,44H,8-11,14-15,19-20,22-26,28-31,33-40H2,1-7H3/p+1/b13-12-,18-16-,21-17-,32-27+/t44-/m1/s1. The molecule has 0 spiro atoms. The second-order valence-corrected chi connectivity index (χ2v) is 18.2. The summed E-state index contributed by atoms with van der Waals surface area (Å²) in [4.78, 5) is 47.3. The fourth-order valence-corrected chi connectivity index (χ4v) is 6.88. The number of ketones is 1. The molecule has 0 saturated carbocycles. The SMILES string of the molecule is CCCCCC(=O)/C=C/C=C\C/C=C\C/C=C\CCCC(=O)OC[C@H](COP(=O)(O)OCC[N+](C)(C)C)OC(=O)CCCCCCCCc1oc(CCCCC)c(C)c1C. The molecule has 1 aromatic heterocycles. The number of hydrogen-bond acceptors (Lipinski definition) is 9. The lowest BCUT2D eigenvalue weighted by molar-refractivity contribution is -0.870. The van der Waals surface area contributed by atoms with E-state index in [0.717, 1.165) is 88.6 Å². The highest BCUT2D eigenvalue weighted by Gasteiger charge is 2.27. The summed E-state index contributed by atoms with van der Waals surface area (Å²) < 4.78 is 40.5. The summed E-state index contributed by atoms with van der Waals surface area (Å²) in [5, 5.41) is 0. The topological polar surface area (TPSA) is 139 Å². The maximum atomic E-state index is 12.8. The number of esters is 2. The molecule has 0 radical (unpaired) electrons. The van der Waals surface area contributed by atoms with E-state index < -0.39 is 32.5 Å². The van der Waals surface area contributed by atoms with E-state index >= 15 is 0 Å². The average molecular weight is 863 g/mol. The molecular weight excluding hydrogens is 781 g/mol. The van der Waals surface area contributed by atoms with E-state index in [2.05, 4.69) is 39.8 Å². The third-order valence-corrected chi connectivity index (χ3v) is 11.0. The van der Waals surface area contributed by atoms with Gasteiger partial charge < -0.3 is 23.3 Å². The van der Waals surface area contributed by atoms with Crippen molar-refractivity contribution in [3.05, 3.63) is 71.3 Å². The molecule has 1 heterocycles. The first-order valence-corrected chi connectivity index (χ1v) is 24.2. The first kappa shape index (κ1) is 54.9. The number of carbonyl (C=O) groups excluding carboxylic acids is 3. The van der Waals surface area contributed by atoms with Gasteiger partial charge in [0.15, 0.2) is 11.9 Å². The van der Waals surface area contributed by atoms with Crippen molar-refractivity contribution in [2.24, 2.45) is 0 Å². The number of hydrogen-bond donors (Lipinski definition) is 1. The van der Waals surface area contributed by atoms with Crippen LogP contribution in [0.1, 0.15) is 158 Å². The summed E-state index contributed by atoms with van der Waals surface area (Å²) >= 11 is 0. The van der Waals surface area contributed by atoms with Gasteiger partial charge in [-0.05, 0) is 82.4 Å². The molecule has 342 valence electrons. The van der Waals surface area contributed by atoms with Crippen molar-refractivity contribution in [3.63, 3.8) is 0 Å². The van der Waals surface area contributed by atoms with E-state index in [0.29, 0.717) is 36.7 Å². The Morgan fingerprint density at radius 3 is 1.92 bits per heavy atom. The first-order valence-electron chi connectivity index (χ1n) is 22.7. The van der Waals surface area contributed by atoms with Crippen molar-refractivity contribution in [2.75, 3.05) is 47.5 Å². The number of unbranched alkanes of at least 4 members (excludes halogenated alkanes) is 10. The van der Waals surface area contributed by atoms with E-state index in [1.807, 2.05) is 45.4 Å². The lowest BCUT2D eigenvalue weighted by atomic mass is 10.0. The summed E-state index contributed by atoms with van der Waals surface area (Å²) in [6, 6.07) is 0. The number of phosphoric acid groups is 1. The average Bonchev–Trinajstić information content (AvgIpc) is 3.46. The van der Waals surface area contributed by atoms with Crippen LogP contribution in [-0.4, -0.2) is 80.7 Å². The number of nitrogens with zero attached hydrogens (tertiary/aromatic N) is 1. The third-order valence-electron chi connectivity index (χ3n) is 10.0. The number of likely N-dealkylation sites (N-methyl/N-ethyl adjacent to an activating group) is 1. The molecule has 1 rings (SSSR count). The molecule has 0 amide bonds. The molecule has 0 bridgehead atoms. The van der Waals surface area contributed by atoms with Crippen molar-refractivity contribution >= 4 is 25.5 Å². The Morgan fingerprint density at radius 2 is 1.25 bits per heavy atom. The van der Waals surface area contributed by atoms with E-state index in [9.17, 15) is 23.8 Å². The van der Waals surface area contributed by atoms with Gasteiger partial charge in [0.2, 0.25) is 0 Å². The molecule has 12 heteroatoms. The van der Waals surface area contributed by atoms with Crippen LogP contribution < -0.4 is 0 Å². The van der Waals surface area contributed by atoms with Gasteiger partial charge in [-0.2, -0.15) is 0 Å². The van der Waals surface area contributed by atoms with Crippen LogP contribution in [0.2, 0.25) is 0 Å². The molecule has 1 unspecified atom stereocenters. The number of rotatable bonds is 37. The van der Waals surface area contributed by atoms with E-state index in [1.165, 1.54) is 30.4 Å². The number of allylic oxidation sites excluding steroid dienone is 8. The Hall–Kier alpha value is -3.08. The fraction of sp³-hybridized carbons (Fsp3) is 0.688. The Bertz CT molecular complexity index is 1500. The smallest absolute Gasteiger partial charge is 0.466 e. The molecule has 0 aliphatic heterocycles. The Kier molecular flexibility index (Phi) is 30.7. The Morgan fingerprint density at radius 1 is 0.683 bits per heavy atom. The lowest BCUT2D eigenvalue weighted by Gasteiger charge is -2.24. The van der Waals surface area contributed by atoms with Crippen LogP contribution in [0, 0.1) is 13.8 Å². The minimum absolute atomic E-state index is 0.00222. The van der Waals surface area contributed by atoms with Crippen molar-refractivity contribution in [2.45, 2.75) is 169 Å². The number of quaternary nitrogens is 1. The normalized spacial score (nSPS) is 13.9. The quantitative estimate of drug-likeness (QED) is 0.0131. The number of ether oxygens (including phenoxy) is 2. The third kappa shape index (κ3) is 30.0. The zero-order valence-electron chi connectivity index (χ0n) is 38.4. The second-order valence-electron chi connectivity index (χ2n) is 16.7. The van der Waals surface area contributed by atoms with Gasteiger partial charge in [-0.25, -0.2) is 4.57 Å². The predicted octanol–water partition coefficient (Wildman–Crippen LogP) is 11.5. The first-order chi connectivity index (χ1) is 28.7. The Balaban J connectivity index is 2.44. The largest absolute Gasteiger partial charge is 0.472 e. The number of furan rings is 1. The molecule has 11 nitrogen and oxygen atoms in total. The van der Waals surface area contributed by atoms with Gasteiger partial charge in [0.05, 0.1) is 27.7 Å². The molecule has 0 saturated heterocycles. The van der Waals surface area contributed by atoms with Gasteiger partial charge in [-0.3, -0.25) is 23.4 Å². The highest BCUT2D eigenvalue weighted by atomic mass is 31.2. The highest BCUT2D eigenvalue weighted by Crippen LogP contribution is 2.43. The van der Waals surface area contributed by atoms with Gasteiger partial charge >= 0.3 is 19.8 Å². The molecule has 0 fully saturated rings. The number of carbonyl (C=O) groups is 3. The van der Waals surface area contributed by atoms with Gasteiger partial charge in [-0.15, -0.1) is 0 Å². The van der Waals surface area contributed by atoms with E-state index in [1.54, 1.807) is 12.2 Å². The van der Waals surface area contributed by atoms with Crippen LogP contribution >= 0.6 is 7.82 Å². The van der Waals surface area contributed by atoms with E-state index in [-0.39, 0.29) is 31.8 Å². The van der Waals surface area contributed by atoms with Gasteiger partial charge in [0.1, 0.15) is 31.3 Å². The molecule has 0 aliphatic carbocycles. The molecular formula is C48H81NO10P+. The minimum Gasteiger partial charge on any atom is -0.466 e. The van der Waals surface area contributed by atoms with Crippen LogP contribution in [0.4, 0.5) is 0 Å². The number of phosphoric ester groups is 1. The molecule has 2 atom stereocenters. The van der Waals surface area contributed by atoms with Crippen LogP contribution in [0.15, 0.2) is 53.0 Å².